The minimum Gasteiger partial charge on any atom is -0.437 e. The molecule has 1 saturated heterocycles. The first-order valence-electron chi connectivity index (χ1n) is 6.40. The molecule has 1 fully saturated rings. The van der Waals surface area contributed by atoms with Crippen LogP contribution in [0.25, 0.3) is 0 Å². The standard InChI is InChI=1S/C14H21NO2/c1-4-14(3)7-9-15(10-8-14)13-6-5-12(17-13)11(2)16/h5-6H,4,7-10H2,1-3H3. The van der Waals surface area contributed by atoms with Gasteiger partial charge < -0.3 is 9.32 Å². The predicted octanol–water partition coefficient (Wildman–Crippen LogP) is 3.50. The second kappa shape index (κ2) is 4.55. The van der Waals surface area contributed by atoms with Crippen molar-refractivity contribution in [2.75, 3.05) is 18.0 Å². The number of anilines is 1. The van der Waals surface area contributed by atoms with Crippen molar-refractivity contribution in [2.24, 2.45) is 5.41 Å². The zero-order valence-electron chi connectivity index (χ0n) is 11.0. The fourth-order valence-electron chi connectivity index (χ4n) is 2.31. The number of furan rings is 1. The van der Waals surface area contributed by atoms with E-state index in [0.29, 0.717) is 11.2 Å². The molecule has 1 aromatic rings. The Balaban J connectivity index is 2.03. The first-order valence-corrected chi connectivity index (χ1v) is 6.40. The van der Waals surface area contributed by atoms with E-state index in [1.54, 1.807) is 6.07 Å². The SMILES string of the molecule is CCC1(C)CCN(c2ccc(C(C)=O)o2)CC1. The van der Waals surface area contributed by atoms with Gasteiger partial charge in [0, 0.05) is 26.1 Å². The van der Waals surface area contributed by atoms with Crippen LogP contribution in [0.15, 0.2) is 16.5 Å². The number of Topliss-reactive ketones (excluding diaryl/α,β-unsaturated/α-hetero) is 1. The van der Waals surface area contributed by atoms with Crippen LogP contribution in [-0.2, 0) is 0 Å². The lowest BCUT2D eigenvalue weighted by Gasteiger charge is -2.38. The highest BCUT2D eigenvalue weighted by atomic mass is 16.4. The third-order valence-electron chi connectivity index (χ3n) is 4.07. The molecule has 94 valence electrons. The minimum atomic E-state index is -0.00773. The van der Waals surface area contributed by atoms with E-state index in [0.717, 1.165) is 19.0 Å². The van der Waals surface area contributed by atoms with E-state index < -0.39 is 0 Å². The van der Waals surface area contributed by atoms with Gasteiger partial charge in [0.2, 0.25) is 0 Å². The van der Waals surface area contributed by atoms with Gasteiger partial charge in [-0.25, -0.2) is 0 Å². The summed E-state index contributed by atoms with van der Waals surface area (Å²) in [4.78, 5) is 13.4. The molecule has 0 bridgehead atoms. The Bertz CT molecular complexity index is 400. The van der Waals surface area contributed by atoms with E-state index in [9.17, 15) is 4.79 Å². The zero-order valence-corrected chi connectivity index (χ0v) is 11.0. The Morgan fingerprint density at radius 1 is 1.41 bits per heavy atom. The second-order valence-electron chi connectivity index (χ2n) is 5.35. The monoisotopic (exact) mass is 235 g/mol. The molecule has 1 aliphatic heterocycles. The van der Waals surface area contributed by atoms with Crippen LogP contribution in [0.4, 0.5) is 5.88 Å². The van der Waals surface area contributed by atoms with E-state index in [-0.39, 0.29) is 5.78 Å². The average Bonchev–Trinajstić information content (AvgIpc) is 2.79. The van der Waals surface area contributed by atoms with Gasteiger partial charge in [0.15, 0.2) is 17.4 Å². The van der Waals surface area contributed by atoms with Gasteiger partial charge in [-0.15, -0.1) is 0 Å². The molecular weight excluding hydrogens is 214 g/mol. The van der Waals surface area contributed by atoms with E-state index in [1.807, 2.05) is 6.07 Å². The van der Waals surface area contributed by atoms with Crippen molar-refractivity contribution < 1.29 is 9.21 Å². The third kappa shape index (κ3) is 2.54. The van der Waals surface area contributed by atoms with Crippen molar-refractivity contribution in [3.05, 3.63) is 17.9 Å². The summed E-state index contributed by atoms with van der Waals surface area (Å²) in [6.45, 7) is 8.20. The first kappa shape index (κ1) is 12.2. The van der Waals surface area contributed by atoms with Crippen LogP contribution in [-0.4, -0.2) is 18.9 Å². The number of carbonyl (C=O) groups is 1. The van der Waals surface area contributed by atoms with Crippen molar-refractivity contribution in [1.82, 2.24) is 0 Å². The molecule has 2 heterocycles. The summed E-state index contributed by atoms with van der Waals surface area (Å²) in [5.41, 5.74) is 0.479. The van der Waals surface area contributed by atoms with Crippen LogP contribution < -0.4 is 4.90 Å². The molecular formula is C14H21NO2. The molecule has 0 N–H and O–H groups in total. The Morgan fingerprint density at radius 2 is 2.06 bits per heavy atom. The van der Waals surface area contributed by atoms with Crippen LogP contribution >= 0.6 is 0 Å². The molecule has 3 heteroatoms. The van der Waals surface area contributed by atoms with Crippen molar-refractivity contribution in [3.63, 3.8) is 0 Å². The summed E-state index contributed by atoms with van der Waals surface area (Å²) in [6, 6.07) is 3.68. The second-order valence-corrected chi connectivity index (χ2v) is 5.35. The number of nitrogens with zero attached hydrogens (tertiary/aromatic N) is 1. The molecule has 0 aromatic carbocycles. The molecule has 0 aliphatic carbocycles. The van der Waals surface area contributed by atoms with E-state index in [2.05, 4.69) is 18.7 Å². The normalized spacial score (nSPS) is 19.4. The van der Waals surface area contributed by atoms with Crippen LogP contribution in [0.3, 0.4) is 0 Å². The molecule has 0 amide bonds. The summed E-state index contributed by atoms with van der Waals surface area (Å²) in [5, 5.41) is 0. The highest BCUT2D eigenvalue weighted by Gasteiger charge is 2.29. The Morgan fingerprint density at radius 3 is 2.53 bits per heavy atom. The lowest BCUT2D eigenvalue weighted by molar-refractivity contribution is 0.0987. The number of hydrogen-bond donors (Lipinski definition) is 0. The van der Waals surface area contributed by atoms with Gasteiger partial charge in [-0.3, -0.25) is 4.79 Å². The van der Waals surface area contributed by atoms with Crippen LogP contribution in [0, 0.1) is 5.41 Å². The molecule has 3 nitrogen and oxygen atoms in total. The topological polar surface area (TPSA) is 33.5 Å². The molecule has 0 atom stereocenters. The molecule has 0 spiro atoms. The van der Waals surface area contributed by atoms with Crippen LogP contribution in [0.2, 0.25) is 0 Å². The maximum Gasteiger partial charge on any atom is 0.196 e. The van der Waals surface area contributed by atoms with Crippen molar-refractivity contribution >= 4 is 11.7 Å². The lowest BCUT2D eigenvalue weighted by Crippen LogP contribution is -2.38. The summed E-state index contributed by atoms with van der Waals surface area (Å²) < 4.78 is 5.56. The van der Waals surface area contributed by atoms with Gasteiger partial charge in [-0.1, -0.05) is 20.3 Å². The molecule has 1 aliphatic rings. The highest BCUT2D eigenvalue weighted by Crippen LogP contribution is 2.35. The number of hydrogen-bond acceptors (Lipinski definition) is 3. The molecule has 2 rings (SSSR count). The van der Waals surface area contributed by atoms with Gasteiger partial charge in [-0.2, -0.15) is 0 Å². The number of piperidine rings is 1. The minimum absolute atomic E-state index is 0.00773. The lowest BCUT2D eigenvalue weighted by atomic mass is 9.78. The Hall–Kier alpha value is -1.25. The average molecular weight is 235 g/mol. The molecule has 0 unspecified atom stereocenters. The summed E-state index contributed by atoms with van der Waals surface area (Å²) >= 11 is 0. The molecule has 0 saturated carbocycles. The van der Waals surface area contributed by atoms with E-state index in [4.69, 9.17) is 4.42 Å². The molecule has 0 radical (unpaired) electrons. The maximum absolute atomic E-state index is 11.2. The fourth-order valence-corrected chi connectivity index (χ4v) is 2.31. The quantitative estimate of drug-likeness (QED) is 0.752. The van der Waals surface area contributed by atoms with Crippen molar-refractivity contribution in [1.29, 1.82) is 0 Å². The largest absolute Gasteiger partial charge is 0.437 e. The van der Waals surface area contributed by atoms with Gasteiger partial charge in [0.25, 0.3) is 0 Å². The summed E-state index contributed by atoms with van der Waals surface area (Å²) in [7, 11) is 0. The summed E-state index contributed by atoms with van der Waals surface area (Å²) in [6.07, 6.45) is 3.62. The van der Waals surface area contributed by atoms with Gasteiger partial charge in [0.1, 0.15) is 0 Å². The third-order valence-corrected chi connectivity index (χ3v) is 4.07. The van der Waals surface area contributed by atoms with Gasteiger partial charge >= 0.3 is 0 Å². The predicted molar refractivity (Wildman–Crippen MR) is 68.6 cm³/mol. The van der Waals surface area contributed by atoms with Crippen molar-refractivity contribution in [3.8, 4) is 0 Å². The van der Waals surface area contributed by atoms with E-state index >= 15 is 0 Å². The number of ketones is 1. The first-order chi connectivity index (χ1) is 8.04. The molecule has 1 aromatic heterocycles. The van der Waals surface area contributed by atoms with Gasteiger partial charge in [0.05, 0.1) is 0 Å². The fraction of sp³-hybridized carbons (Fsp3) is 0.643. The number of carbonyl (C=O) groups excluding carboxylic acids is 1. The number of rotatable bonds is 3. The Labute approximate surface area is 103 Å². The van der Waals surface area contributed by atoms with E-state index in [1.165, 1.54) is 26.2 Å². The highest BCUT2D eigenvalue weighted by molar-refractivity contribution is 5.91. The smallest absolute Gasteiger partial charge is 0.196 e. The van der Waals surface area contributed by atoms with Gasteiger partial charge in [-0.05, 0) is 24.3 Å². The van der Waals surface area contributed by atoms with Crippen LogP contribution in [0.1, 0.15) is 50.6 Å². The maximum atomic E-state index is 11.2. The summed E-state index contributed by atoms with van der Waals surface area (Å²) in [5.74, 6) is 1.30. The Kier molecular flexibility index (Phi) is 3.27. The molecule has 17 heavy (non-hydrogen) atoms. The van der Waals surface area contributed by atoms with Crippen molar-refractivity contribution in [2.45, 2.75) is 40.0 Å². The van der Waals surface area contributed by atoms with Crippen LogP contribution in [0.5, 0.6) is 0 Å². The zero-order chi connectivity index (χ0) is 12.5.